The molecule has 2 saturated heterocycles. The molecule has 0 saturated carbocycles. The highest BCUT2D eigenvalue weighted by atomic mass is 28.5. The molecule has 1 amide bonds. The van der Waals surface area contributed by atoms with Gasteiger partial charge in [-0.2, -0.15) is 0 Å². The second-order valence-electron chi connectivity index (χ2n) is 13.8. The van der Waals surface area contributed by atoms with Crippen molar-refractivity contribution in [1.29, 1.82) is 0 Å². The molecule has 2 heterocycles. The summed E-state index contributed by atoms with van der Waals surface area (Å²) in [4.78, 5) is 48.1. The summed E-state index contributed by atoms with van der Waals surface area (Å²) in [5.74, 6) is -0.887. The molecule has 19 heteroatoms. The van der Waals surface area contributed by atoms with Gasteiger partial charge in [0.15, 0.2) is 8.24 Å². The monoisotopic (exact) mass is 819 g/mol. The Kier molecular flexibility index (Phi) is 19.6. The number of rotatable bonds is 14. The van der Waals surface area contributed by atoms with E-state index >= 15 is 0 Å². The van der Waals surface area contributed by atoms with Crippen LogP contribution in [0.1, 0.15) is 13.8 Å². The maximum atomic E-state index is 13.1. The molecule has 3 atom stereocenters. The highest BCUT2D eigenvalue weighted by Gasteiger charge is 2.49. The van der Waals surface area contributed by atoms with Crippen LogP contribution < -0.4 is 23.2 Å². The first kappa shape index (κ1) is 48.8. The summed E-state index contributed by atoms with van der Waals surface area (Å²) >= 11 is 0. The number of hydrogen-bond acceptors (Lipinski definition) is 12. The molecule has 0 aliphatic carbocycles. The van der Waals surface area contributed by atoms with E-state index in [1.165, 1.54) is 6.08 Å². The third kappa shape index (κ3) is 15.4. The van der Waals surface area contributed by atoms with Crippen molar-refractivity contribution < 1.29 is 28.7 Å². The Morgan fingerprint density at radius 1 is 0.712 bits per heavy atom. The van der Waals surface area contributed by atoms with Crippen molar-refractivity contribution in [2.45, 2.75) is 59.2 Å². The first-order chi connectivity index (χ1) is 23.9. The van der Waals surface area contributed by atoms with Crippen molar-refractivity contribution in [3.05, 3.63) is 98.0 Å². The number of nitrogens with one attached hydrogen (secondary N) is 5. The fourth-order valence-corrected chi connectivity index (χ4v) is 38.0. The van der Waals surface area contributed by atoms with Gasteiger partial charge in [0.1, 0.15) is 13.2 Å². The average molecular weight is 820 g/mol. The Balaban J connectivity index is 0.000000841. The van der Waals surface area contributed by atoms with E-state index in [2.05, 4.69) is 135 Å². The zero-order valence-corrected chi connectivity index (χ0v) is 38.5. The van der Waals surface area contributed by atoms with Crippen LogP contribution in [0.3, 0.4) is 0 Å². The number of aliphatic imine (C=N–C) groups is 1. The first-order valence-corrected chi connectivity index (χ1v) is 32.3. The number of esters is 2. The van der Waals surface area contributed by atoms with Crippen LogP contribution in [0.5, 0.6) is 0 Å². The molecule has 0 radical (unpaired) electrons. The summed E-state index contributed by atoms with van der Waals surface area (Å²) in [6.45, 7) is 47.5. The highest BCUT2D eigenvalue weighted by molar-refractivity contribution is 7.09. The van der Waals surface area contributed by atoms with Crippen molar-refractivity contribution in [3.8, 4) is 0 Å². The van der Waals surface area contributed by atoms with Crippen LogP contribution in [-0.4, -0.2) is 105 Å². The minimum Gasteiger partial charge on any atom is -0.461 e. The first-order valence-electron chi connectivity index (χ1n) is 16.7. The fourth-order valence-electron chi connectivity index (χ4n) is 5.40. The summed E-state index contributed by atoms with van der Waals surface area (Å²) in [6, 6.07) is 0.402. The Bertz CT molecular complexity index is 1420. The smallest absolute Gasteiger partial charge is 0.333 e. The minimum atomic E-state index is -2.52. The summed E-state index contributed by atoms with van der Waals surface area (Å²) in [5.41, 5.74) is 12.5. The molecule has 2 rings (SSSR count). The molecule has 13 nitrogen and oxygen atoms in total. The second kappa shape index (κ2) is 20.9. The minimum absolute atomic E-state index is 0.0274. The zero-order chi connectivity index (χ0) is 40.6. The summed E-state index contributed by atoms with van der Waals surface area (Å²) in [6.07, 6.45) is 1.33. The second-order valence-corrected chi connectivity index (χ2v) is 36.8. The number of carbonyl (C=O) groups is 3. The van der Waals surface area contributed by atoms with Gasteiger partial charge in [0.25, 0.3) is 8.40 Å². The molecule has 0 spiro atoms. The number of hydrogen-bond donors (Lipinski definition) is 5. The number of carbonyl (C=O) groups excluding carboxylic acids is 4. The molecule has 5 N–H and O–H groups in total. The summed E-state index contributed by atoms with van der Waals surface area (Å²) in [7, 11) is -12.2. The average Bonchev–Trinajstić information content (AvgIpc) is 3.07. The van der Waals surface area contributed by atoms with Crippen LogP contribution in [0.2, 0.25) is 45.3 Å². The van der Waals surface area contributed by atoms with Crippen LogP contribution in [0, 0.1) is 0 Å². The molecular formula is C33H61N7O6Si6. The predicted molar refractivity (Wildman–Crippen MR) is 228 cm³/mol. The van der Waals surface area contributed by atoms with E-state index in [9.17, 15) is 19.2 Å². The van der Waals surface area contributed by atoms with Gasteiger partial charge >= 0.3 is 11.9 Å². The normalized spacial score (nSPS) is 31.0. The van der Waals surface area contributed by atoms with Gasteiger partial charge in [-0.05, 0) is 46.6 Å². The topological polar surface area (TPSA) is 162 Å². The molecule has 2 fully saturated rings. The van der Waals surface area contributed by atoms with E-state index in [1.54, 1.807) is 13.8 Å². The van der Waals surface area contributed by atoms with Gasteiger partial charge in [-0.1, -0.05) is 53.9 Å². The summed E-state index contributed by atoms with van der Waals surface area (Å²) in [5, 5.41) is 0. The molecule has 0 bridgehead atoms. The number of isocyanates is 1. The predicted octanol–water partition coefficient (Wildman–Crippen LogP) is 3.62. The number of nitrogens with zero attached hydrogens (tertiary/aromatic N) is 2. The fraction of sp³-hybridized carbons (Fsp3) is 0.394. The lowest BCUT2D eigenvalue weighted by molar-refractivity contribution is -0.140. The van der Waals surface area contributed by atoms with E-state index in [0.29, 0.717) is 23.7 Å². The van der Waals surface area contributed by atoms with E-state index in [4.69, 9.17) is 4.74 Å². The summed E-state index contributed by atoms with van der Waals surface area (Å²) < 4.78 is 30.2. The Morgan fingerprint density at radius 3 is 1.46 bits per heavy atom. The van der Waals surface area contributed by atoms with Crippen LogP contribution >= 0.6 is 0 Å². The van der Waals surface area contributed by atoms with E-state index in [0.717, 1.165) is 0 Å². The lowest BCUT2D eigenvalue weighted by Gasteiger charge is -2.49. The van der Waals surface area contributed by atoms with Gasteiger partial charge in [0.05, 0.1) is 6.54 Å². The van der Waals surface area contributed by atoms with Crippen LogP contribution in [0.25, 0.3) is 0 Å². The Hall–Kier alpha value is -3.19. The van der Waals surface area contributed by atoms with Crippen LogP contribution in [0.15, 0.2) is 103 Å². The van der Waals surface area contributed by atoms with Gasteiger partial charge < -0.3 is 37.3 Å². The van der Waals surface area contributed by atoms with Gasteiger partial charge in [-0.3, -0.25) is 4.79 Å². The van der Waals surface area contributed by atoms with Crippen molar-refractivity contribution in [3.63, 3.8) is 0 Å². The highest BCUT2D eigenvalue weighted by Crippen LogP contribution is 2.22. The molecule has 3 unspecified atom stereocenters. The third-order valence-electron chi connectivity index (χ3n) is 8.22. The molecule has 0 aromatic rings. The van der Waals surface area contributed by atoms with E-state index in [-0.39, 0.29) is 25.7 Å². The van der Waals surface area contributed by atoms with Crippen molar-refractivity contribution in [2.24, 2.45) is 4.99 Å². The SMILES string of the molecule is C=C(C)C(=O)OCCN=C=O.C=C[Si]1(C)CC(=O)N(CCOC(=O)C(=C)C)[Si](C)(C=C)N[Si](C)(C=C)N1.C=C[Si]1(C)N[Si](C)(C=C)N[Si](C)(C=C)N1. The van der Waals surface area contributed by atoms with Crippen molar-refractivity contribution in [2.75, 3.05) is 26.3 Å². The molecule has 2 aliphatic rings. The quantitative estimate of drug-likeness (QED) is 0.0435. The molecular weight excluding hydrogens is 759 g/mol. The molecule has 288 valence electrons. The Labute approximate surface area is 317 Å². The largest absolute Gasteiger partial charge is 0.461 e. The molecule has 52 heavy (non-hydrogen) atoms. The molecule has 0 aromatic carbocycles. The van der Waals surface area contributed by atoms with Crippen LogP contribution in [-0.2, 0) is 28.7 Å². The number of amides is 1. The van der Waals surface area contributed by atoms with Crippen LogP contribution in [0.4, 0.5) is 0 Å². The maximum Gasteiger partial charge on any atom is 0.333 e. The van der Waals surface area contributed by atoms with Crippen molar-refractivity contribution >= 4 is 74.1 Å². The van der Waals surface area contributed by atoms with Gasteiger partial charge in [-0.25, -0.2) is 19.4 Å². The Morgan fingerprint density at radius 2 is 1.12 bits per heavy atom. The lowest BCUT2D eigenvalue weighted by atomic mass is 10.4. The van der Waals surface area contributed by atoms with E-state index < -0.39 is 62.2 Å². The van der Waals surface area contributed by atoms with Gasteiger partial charge in [0, 0.05) is 23.7 Å². The zero-order valence-electron chi connectivity index (χ0n) is 32.5. The van der Waals surface area contributed by atoms with E-state index in [1.807, 2.05) is 28.2 Å². The standard InChI is InChI=1S/C17H31N3O3Si3.C9H21N3Si3.C7H9NO3/c1-9-24(6)14-16(21)20(12-13-23-17(22)15(4)5)26(8,11-3)19-25(7,10-2)18-24;1-7-13(4)10-14(5,8-2)12-15(6,9-3)11-13;1-6(2)7(10)11-4-3-8-5-9/h9-11,18-19H,1-4,12-14H2,5-8H3;7-12H,1-3H2,4-6H3;1,3-4H2,2H3. The lowest BCUT2D eigenvalue weighted by Crippen LogP contribution is -2.89. The van der Waals surface area contributed by atoms with Gasteiger partial charge in [0.2, 0.25) is 45.6 Å². The molecule has 2 aliphatic heterocycles. The van der Waals surface area contributed by atoms with Gasteiger partial charge in [-0.15, -0.1) is 39.5 Å². The van der Waals surface area contributed by atoms with Crippen molar-refractivity contribution in [1.82, 2.24) is 27.8 Å². The molecule has 0 aromatic heterocycles. The third-order valence-corrected chi connectivity index (χ3v) is 36.7. The maximum absolute atomic E-state index is 13.1. The number of ether oxygens (including phenoxy) is 2.